The van der Waals surface area contributed by atoms with E-state index in [1.54, 1.807) is 19.1 Å². The lowest BCUT2D eigenvalue weighted by Crippen LogP contribution is -2.35. The fraction of sp³-hybridized carbons (Fsp3) is 0.316. The number of sulfone groups is 1. The van der Waals surface area contributed by atoms with E-state index in [1.807, 2.05) is 0 Å². The maximum Gasteiger partial charge on any atom is 0.232 e. The highest BCUT2D eigenvalue weighted by molar-refractivity contribution is 8.01. The first-order valence-corrected chi connectivity index (χ1v) is 12.9. The van der Waals surface area contributed by atoms with E-state index in [-0.39, 0.29) is 33.5 Å². The van der Waals surface area contributed by atoms with E-state index in [2.05, 4.69) is 4.98 Å². The molecule has 30 heavy (non-hydrogen) atoms. The first-order chi connectivity index (χ1) is 13.8. The predicted octanol–water partition coefficient (Wildman–Crippen LogP) is 4.22. The van der Waals surface area contributed by atoms with Gasteiger partial charge in [-0.05, 0) is 32.9 Å². The molecule has 0 saturated heterocycles. The lowest BCUT2D eigenvalue weighted by Gasteiger charge is -2.33. The molecule has 3 rings (SSSR count). The molecular formula is C19H20Cl2N2O5S2. The first-order valence-electron chi connectivity index (χ1n) is 8.86. The number of aliphatic hydroxyl groups excluding tert-OH is 1. The fourth-order valence-corrected chi connectivity index (χ4v) is 7.08. The van der Waals surface area contributed by atoms with E-state index in [4.69, 9.17) is 23.2 Å². The summed E-state index contributed by atoms with van der Waals surface area (Å²) in [6.45, 7) is 4.64. The van der Waals surface area contributed by atoms with Crippen LogP contribution in [0.4, 0.5) is 5.69 Å². The molecule has 2 aromatic rings. The molecule has 0 amide bonds. The lowest BCUT2D eigenvalue weighted by molar-refractivity contribution is 0.501. The number of hydrogen-bond acceptors (Lipinski definition) is 6. The summed E-state index contributed by atoms with van der Waals surface area (Å²) in [5, 5.41) is 10.7. The Morgan fingerprint density at radius 3 is 2.40 bits per heavy atom. The number of hydrogen-bond donors (Lipinski definition) is 1. The fourth-order valence-electron chi connectivity index (χ4n) is 3.49. The van der Waals surface area contributed by atoms with Crippen molar-refractivity contribution in [3.8, 4) is 0 Å². The third kappa shape index (κ3) is 3.28. The van der Waals surface area contributed by atoms with Crippen molar-refractivity contribution < 1.29 is 21.9 Å². The third-order valence-corrected chi connectivity index (χ3v) is 9.53. The van der Waals surface area contributed by atoms with Crippen molar-refractivity contribution in [2.24, 2.45) is 0 Å². The van der Waals surface area contributed by atoms with Crippen molar-refractivity contribution in [3.05, 3.63) is 57.3 Å². The summed E-state index contributed by atoms with van der Waals surface area (Å²) in [5.74, 6) is -0.553. The van der Waals surface area contributed by atoms with Gasteiger partial charge < -0.3 is 5.11 Å². The summed E-state index contributed by atoms with van der Waals surface area (Å²) in [6.07, 6.45) is 2.44. The molecule has 0 saturated carbocycles. The van der Waals surface area contributed by atoms with E-state index in [0.717, 1.165) is 10.6 Å². The van der Waals surface area contributed by atoms with E-state index in [9.17, 15) is 21.9 Å². The molecule has 11 heteroatoms. The summed E-state index contributed by atoms with van der Waals surface area (Å²) >= 11 is 12.8. The average Bonchev–Trinajstić information content (AvgIpc) is 2.64. The Morgan fingerprint density at radius 2 is 1.83 bits per heavy atom. The van der Waals surface area contributed by atoms with Crippen LogP contribution in [0, 0.1) is 0 Å². The molecule has 0 bridgehead atoms. The van der Waals surface area contributed by atoms with Gasteiger partial charge in [-0.15, -0.1) is 0 Å². The molecule has 1 aromatic carbocycles. The van der Waals surface area contributed by atoms with Crippen LogP contribution in [0.1, 0.15) is 37.6 Å². The Hall–Kier alpha value is -1.81. The SMILES string of the molecule is CCN(c1c(Cl)ccc(C2=C(O)c3ncccc3C(C)(C)S2(=O)=O)c1Cl)S(C)(=O)=O. The van der Waals surface area contributed by atoms with Crippen LogP contribution >= 0.6 is 23.2 Å². The molecule has 0 fully saturated rings. The van der Waals surface area contributed by atoms with E-state index >= 15 is 0 Å². The Labute approximate surface area is 185 Å². The maximum absolute atomic E-state index is 13.5. The molecule has 0 unspecified atom stereocenters. The normalized spacial score (nSPS) is 17.5. The summed E-state index contributed by atoms with van der Waals surface area (Å²) < 4.78 is 51.1. The topological polar surface area (TPSA) is 105 Å². The van der Waals surface area contributed by atoms with Crippen molar-refractivity contribution in [2.75, 3.05) is 17.1 Å². The summed E-state index contributed by atoms with van der Waals surface area (Å²) in [4.78, 5) is 3.72. The van der Waals surface area contributed by atoms with Crippen LogP contribution in [0.3, 0.4) is 0 Å². The second-order valence-electron chi connectivity index (χ2n) is 7.28. The Morgan fingerprint density at radius 1 is 1.20 bits per heavy atom. The highest BCUT2D eigenvalue weighted by Gasteiger charge is 2.48. The van der Waals surface area contributed by atoms with Gasteiger partial charge >= 0.3 is 0 Å². The molecule has 2 heterocycles. The van der Waals surface area contributed by atoms with Crippen molar-refractivity contribution in [3.63, 3.8) is 0 Å². The van der Waals surface area contributed by atoms with Gasteiger partial charge in [-0.25, -0.2) is 16.8 Å². The minimum absolute atomic E-state index is 0.0232. The molecule has 7 nitrogen and oxygen atoms in total. The standard InChI is InChI=1S/C19H20Cl2N2O5S2/c1-5-23(29(4,25)26)16-13(20)9-8-11(14(16)21)18-17(24)15-12(7-6-10-22-15)19(2,3)30(18,27)28/h6-10,24H,5H2,1-4H3. The van der Waals surface area contributed by atoms with Gasteiger partial charge in [0, 0.05) is 23.9 Å². The van der Waals surface area contributed by atoms with Crippen LogP contribution in [0.5, 0.6) is 0 Å². The third-order valence-electron chi connectivity index (χ3n) is 5.08. The summed E-state index contributed by atoms with van der Waals surface area (Å²) in [7, 11) is -7.89. The molecular weight excluding hydrogens is 471 g/mol. The number of nitrogens with zero attached hydrogens (tertiary/aromatic N) is 2. The highest BCUT2D eigenvalue weighted by Crippen LogP contribution is 2.50. The van der Waals surface area contributed by atoms with Gasteiger partial charge in [0.15, 0.2) is 15.6 Å². The largest absolute Gasteiger partial charge is 0.504 e. The number of pyridine rings is 1. The van der Waals surface area contributed by atoms with Crippen molar-refractivity contribution in [1.82, 2.24) is 4.98 Å². The van der Waals surface area contributed by atoms with Gasteiger partial charge in [-0.2, -0.15) is 0 Å². The van der Waals surface area contributed by atoms with Gasteiger partial charge in [0.2, 0.25) is 10.0 Å². The van der Waals surface area contributed by atoms with Crippen LogP contribution < -0.4 is 4.31 Å². The number of fused-ring (bicyclic) bond motifs is 1. The lowest BCUT2D eigenvalue weighted by atomic mass is 9.98. The molecule has 1 N–H and O–H groups in total. The molecule has 0 radical (unpaired) electrons. The minimum atomic E-state index is -4.14. The maximum atomic E-state index is 13.5. The number of sulfonamides is 1. The van der Waals surface area contributed by atoms with Gasteiger partial charge in [0.1, 0.15) is 10.6 Å². The molecule has 0 atom stereocenters. The Balaban J connectivity index is 2.43. The second kappa shape index (κ2) is 7.40. The van der Waals surface area contributed by atoms with Crippen molar-refractivity contribution in [2.45, 2.75) is 25.5 Å². The molecule has 1 aromatic heterocycles. The monoisotopic (exact) mass is 490 g/mol. The zero-order chi connectivity index (χ0) is 22.6. The summed E-state index contributed by atoms with van der Waals surface area (Å²) in [5.41, 5.74) is 0.360. The molecule has 162 valence electrons. The van der Waals surface area contributed by atoms with E-state index in [1.165, 1.54) is 32.2 Å². The zero-order valence-electron chi connectivity index (χ0n) is 16.6. The Bertz CT molecular complexity index is 1290. The van der Waals surface area contributed by atoms with Gasteiger partial charge in [-0.3, -0.25) is 9.29 Å². The first kappa shape index (κ1) is 22.9. The van der Waals surface area contributed by atoms with Crippen LogP contribution in [0.15, 0.2) is 30.5 Å². The van der Waals surface area contributed by atoms with Crippen molar-refractivity contribution in [1.29, 1.82) is 0 Å². The van der Waals surface area contributed by atoms with Gasteiger partial charge in [0.25, 0.3) is 0 Å². The number of anilines is 1. The van der Waals surface area contributed by atoms with Crippen LogP contribution in [-0.2, 0) is 24.6 Å². The zero-order valence-corrected chi connectivity index (χ0v) is 19.8. The molecule has 0 aliphatic carbocycles. The van der Waals surface area contributed by atoms with Crippen LogP contribution in [-0.4, -0.2) is 39.7 Å². The molecule has 0 spiro atoms. The summed E-state index contributed by atoms with van der Waals surface area (Å²) in [6, 6.07) is 5.87. The molecule has 1 aliphatic heterocycles. The number of benzene rings is 1. The van der Waals surface area contributed by atoms with Gasteiger partial charge in [0.05, 0.1) is 26.7 Å². The van der Waals surface area contributed by atoms with Crippen molar-refractivity contribution >= 4 is 59.4 Å². The van der Waals surface area contributed by atoms with E-state index < -0.39 is 35.3 Å². The Kier molecular flexibility index (Phi) is 5.64. The smallest absolute Gasteiger partial charge is 0.232 e. The number of rotatable bonds is 4. The number of aromatic nitrogens is 1. The van der Waals surface area contributed by atoms with Crippen LogP contribution in [0.2, 0.25) is 10.0 Å². The minimum Gasteiger partial charge on any atom is -0.504 e. The number of halogens is 2. The quantitative estimate of drug-likeness (QED) is 0.687. The average molecular weight is 491 g/mol. The predicted molar refractivity (Wildman–Crippen MR) is 120 cm³/mol. The highest BCUT2D eigenvalue weighted by atomic mass is 35.5. The van der Waals surface area contributed by atoms with Crippen LogP contribution in [0.25, 0.3) is 10.7 Å². The van der Waals surface area contributed by atoms with E-state index in [0.29, 0.717) is 5.56 Å². The molecule has 1 aliphatic rings. The number of aliphatic hydroxyl groups is 1. The second-order valence-corrected chi connectivity index (χ2v) is 12.4. The van der Waals surface area contributed by atoms with Gasteiger partial charge in [-0.1, -0.05) is 35.3 Å².